The Bertz CT molecular complexity index is 969. The molecular formula is C25H34N4O6. The van der Waals surface area contributed by atoms with Crippen LogP contribution in [0, 0.1) is 5.41 Å². The first kappa shape index (κ1) is 26.2. The third kappa shape index (κ3) is 7.05. The first-order valence-corrected chi connectivity index (χ1v) is 12.1. The molecule has 1 fully saturated rings. The minimum atomic E-state index is -1.09. The van der Waals surface area contributed by atoms with Crippen LogP contribution in [-0.2, 0) is 25.6 Å². The van der Waals surface area contributed by atoms with Gasteiger partial charge >= 0.3 is 5.97 Å². The van der Waals surface area contributed by atoms with Crippen molar-refractivity contribution in [1.29, 1.82) is 0 Å². The average Bonchev–Trinajstić information content (AvgIpc) is 3.30. The molecule has 0 saturated heterocycles. The molecule has 2 atom stereocenters. The van der Waals surface area contributed by atoms with Crippen LogP contribution in [0.15, 0.2) is 36.0 Å². The van der Waals surface area contributed by atoms with Gasteiger partial charge in [-0.05, 0) is 62.6 Å². The number of carbonyl (C=O) groups is 4. The Morgan fingerprint density at radius 3 is 2.46 bits per heavy atom. The number of benzene rings is 1. The Hall–Kier alpha value is -3.40. The fourth-order valence-corrected chi connectivity index (χ4v) is 4.69. The number of hydrogen-bond donors (Lipinski definition) is 6. The third-order valence-electron chi connectivity index (χ3n) is 6.81. The summed E-state index contributed by atoms with van der Waals surface area (Å²) in [4.78, 5) is 50.3. The normalized spacial score (nSPS) is 23.5. The summed E-state index contributed by atoms with van der Waals surface area (Å²) < 4.78 is 0. The maximum Gasteiger partial charge on any atom is 0.326 e. The zero-order valence-electron chi connectivity index (χ0n) is 19.7. The Morgan fingerprint density at radius 1 is 1.11 bits per heavy atom. The van der Waals surface area contributed by atoms with Gasteiger partial charge in [-0.2, -0.15) is 0 Å². The number of aromatic hydroxyl groups is 1. The molecule has 35 heavy (non-hydrogen) atoms. The highest BCUT2D eigenvalue weighted by atomic mass is 16.4. The van der Waals surface area contributed by atoms with Crippen molar-refractivity contribution in [1.82, 2.24) is 16.0 Å². The number of nitrogens with two attached hydrogens (primary N) is 1. The van der Waals surface area contributed by atoms with Crippen LogP contribution in [0.25, 0.3) is 0 Å². The number of amides is 3. The van der Waals surface area contributed by atoms with Crippen molar-refractivity contribution in [2.75, 3.05) is 6.54 Å². The number of aliphatic carboxylic acids is 1. The number of allylic oxidation sites excluding steroid dienone is 1. The second-order valence-corrected chi connectivity index (χ2v) is 9.37. The second kappa shape index (κ2) is 11.8. The summed E-state index contributed by atoms with van der Waals surface area (Å²) in [5.74, 6) is -2.25. The summed E-state index contributed by atoms with van der Waals surface area (Å²) in [6.07, 6.45) is 6.15. The number of hydrogen-bond acceptors (Lipinski definition) is 6. The standard InChI is InChI=1S/C25H34N4O6/c26-18(15-16-7-9-17(30)10-8-16)21(31)28-19-5-1-2-6-20(23(33)34)29-24(35)25(11-3-4-12-25)13-14-27-22(19)32/h5,7-10,18,20,30H,1-4,6,11-15,26H2,(H,27,32)(H,28,31)(H,29,35)(H,33,34)/b19-5+/t18-,20?/m0/s1. The van der Waals surface area contributed by atoms with Gasteiger partial charge in [0.25, 0.3) is 5.91 Å². The number of phenols is 1. The van der Waals surface area contributed by atoms with Gasteiger partial charge in [-0.15, -0.1) is 0 Å². The smallest absolute Gasteiger partial charge is 0.326 e. The molecule has 0 bridgehead atoms. The van der Waals surface area contributed by atoms with Crippen molar-refractivity contribution >= 4 is 23.7 Å². The van der Waals surface area contributed by atoms with E-state index in [9.17, 15) is 29.4 Å². The Morgan fingerprint density at radius 2 is 1.80 bits per heavy atom. The van der Waals surface area contributed by atoms with Crippen molar-refractivity contribution < 1.29 is 29.4 Å². The molecule has 7 N–H and O–H groups in total. The molecule has 1 saturated carbocycles. The predicted octanol–water partition coefficient (Wildman–Crippen LogP) is 1.08. The van der Waals surface area contributed by atoms with E-state index in [-0.39, 0.29) is 36.7 Å². The van der Waals surface area contributed by atoms with E-state index in [2.05, 4.69) is 16.0 Å². The lowest BCUT2D eigenvalue weighted by Gasteiger charge is -2.29. The van der Waals surface area contributed by atoms with Crippen LogP contribution >= 0.6 is 0 Å². The molecule has 1 unspecified atom stereocenters. The van der Waals surface area contributed by atoms with Gasteiger partial charge in [-0.1, -0.05) is 31.1 Å². The van der Waals surface area contributed by atoms with E-state index in [0.29, 0.717) is 32.1 Å². The molecule has 1 aliphatic heterocycles. The Labute approximate surface area is 204 Å². The minimum absolute atomic E-state index is 0.0574. The molecule has 190 valence electrons. The monoisotopic (exact) mass is 486 g/mol. The number of carboxylic acid groups (broad SMARTS) is 1. The van der Waals surface area contributed by atoms with Crippen molar-refractivity contribution in [3.63, 3.8) is 0 Å². The van der Waals surface area contributed by atoms with E-state index in [1.165, 1.54) is 12.1 Å². The molecule has 10 nitrogen and oxygen atoms in total. The number of nitrogens with one attached hydrogen (secondary N) is 3. The maximum atomic E-state index is 13.0. The maximum absolute atomic E-state index is 13.0. The van der Waals surface area contributed by atoms with Gasteiger partial charge in [-0.3, -0.25) is 14.4 Å². The fraction of sp³-hybridized carbons (Fsp3) is 0.520. The highest BCUT2D eigenvalue weighted by molar-refractivity contribution is 5.98. The quantitative estimate of drug-likeness (QED) is 0.361. The predicted molar refractivity (Wildman–Crippen MR) is 128 cm³/mol. The topological polar surface area (TPSA) is 171 Å². The van der Waals surface area contributed by atoms with Crippen LogP contribution in [0.1, 0.15) is 56.9 Å². The van der Waals surface area contributed by atoms with Crippen molar-refractivity contribution in [3.8, 4) is 5.75 Å². The summed E-state index contributed by atoms with van der Waals surface area (Å²) in [5.41, 5.74) is 6.16. The van der Waals surface area contributed by atoms with Crippen LogP contribution < -0.4 is 21.7 Å². The van der Waals surface area contributed by atoms with Crippen molar-refractivity contribution in [2.24, 2.45) is 11.1 Å². The fourth-order valence-electron chi connectivity index (χ4n) is 4.69. The first-order chi connectivity index (χ1) is 16.7. The molecule has 3 rings (SSSR count). The van der Waals surface area contributed by atoms with E-state index in [1.807, 2.05) is 0 Å². The van der Waals surface area contributed by atoms with E-state index in [0.717, 1.165) is 18.4 Å². The highest BCUT2D eigenvalue weighted by Gasteiger charge is 2.42. The molecule has 0 aromatic heterocycles. The third-order valence-corrected chi connectivity index (χ3v) is 6.81. The number of carboxylic acids is 1. The van der Waals surface area contributed by atoms with Gasteiger partial charge in [0.15, 0.2) is 0 Å². The van der Waals surface area contributed by atoms with Gasteiger partial charge in [-0.25, -0.2) is 4.79 Å². The number of rotatable bonds is 5. The molecule has 0 radical (unpaired) electrons. The minimum Gasteiger partial charge on any atom is -0.508 e. The lowest BCUT2D eigenvalue weighted by Crippen LogP contribution is -2.49. The molecular weight excluding hydrogens is 452 g/mol. The van der Waals surface area contributed by atoms with Crippen molar-refractivity contribution in [2.45, 2.75) is 69.9 Å². The molecule has 3 amide bonds. The SMILES string of the molecule is N[C@@H](Cc1ccc(O)cc1)C(=O)N/C1=C/CCCC(C(=O)O)NC(=O)C2(CCCC2)CCNC1=O. The van der Waals surface area contributed by atoms with Crippen LogP contribution in [-0.4, -0.2) is 52.5 Å². The summed E-state index contributed by atoms with van der Waals surface area (Å²) in [7, 11) is 0. The van der Waals surface area contributed by atoms with Crippen LogP contribution in [0.3, 0.4) is 0 Å². The van der Waals surface area contributed by atoms with Gasteiger partial charge in [0, 0.05) is 6.54 Å². The van der Waals surface area contributed by atoms with E-state index < -0.39 is 35.3 Å². The Kier molecular flexibility index (Phi) is 8.86. The highest BCUT2D eigenvalue weighted by Crippen LogP contribution is 2.41. The van der Waals surface area contributed by atoms with Crippen LogP contribution in [0.4, 0.5) is 0 Å². The lowest BCUT2D eigenvalue weighted by molar-refractivity contribution is -0.144. The van der Waals surface area contributed by atoms with Gasteiger partial charge in [0.1, 0.15) is 17.5 Å². The van der Waals surface area contributed by atoms with Crippen LogP contribution in [0.2, 0.25) is 0 Å². The van der Waals surface area contributed by atoms with E-state index >= 15 is 0 Å². The van der Waals surface area contributed by atoms with E-state index in [1.54, 1.807) is 18.2 Å². The van der Waals surface area contributed by atoms with Gasteiger partial charge < -0.3 is 31.9 Å². The molecule has 1 aliphatic carbocycles. The zero-order chi connectivity index (χ0) is 25.4. The summed E-state index contributed by atoms with van der Waals surface area (Å²) in [6, 6.07) is 4.42. The average molecular weight is 487 g/mol. The zero-order valence-corrected chi connectivity index (χ0v) is 19.7. The summed E-state index contributed by atoms with van der Waals surface area (Å²) in [6.45, 7) is 0.219. The molecule has 2 aliphatic rings. The molecule has 1 heterocycles. The molecule has 1 spiro atoms. The lowest BCUT2D eigenvalue weighted by atomic mass is 9.81. The largest absolute Gasteiger partial charge is 0.508 e. The second-order valence-electron chi connectivity index (χ2n) is 9.37. The van der Waals surface area contributed by atoms with Gasteiger partial charge in [0.05, 0.1) is 11.5 Å². The molecule has 10 heteroatoms. The number of phenolic OH excluding ortho intramolecular Hbond substituents is 1. The molecule has 1 aromatic carbocycles. The Balaban J connectivity index is 1.71. The van der Waals surface area contributed by atoms with E-state index in [4.69, 9.17) is 5.73 Å². The molecule has 1 aromatic rings. The van der Waals surface area contributed by atoms with Crippen LogP contribution in [0.5, 0.6) is 5.75 Å². The first-order valence-electron chi connectivity index (χ1n) is 12.1. The van der Waals surface area contributed by atoms with Gasteiger partial charge in [0.2, 0.25) is 11.8 Å². The summed E-state index contributed by atoms with van der Waals surface area (Å²) >= 11 is 0. The van der Waals surface area contributed by atoms with Crippen molar-refractivity contribution in [3.05, 3.63) is 41.6 Å². The summed E-state index contributed by atoms with van der Waals surface area (Å²) in [5, 5.41) is 27.1. The number of carbonyl (C=O) groups excluding carboxylic acids is 3.